The number of anilines is 1. The summed E-state index contributed by atoms with van der Waals surface area (Å²) in [4.78, 5) is 25.8. The van der Waals surface area contributed by atoms with Crippen molar-refractivity contribution in [2.24, 2.45) is 5.92 Å². The maximum Gasteiger partial charge on any atom is 0.316 e. The van der Waals surface area contributed by atoms with Gasteiger partial charge in [0.1, 0.15) is 5.92 Å². The highest BCUT2D eigenvalue weighted by atomic mass is 79.9. The highest BCUT2D eigenvalue weighted by Crippen LogP contribution is 2.20. The van der Waals surface area contributed by atoms with Gasteiger partial charge in [-0.15, -0.1) is 0 Å². The molecule has 1 amide bonds. The average Bonchev–Trinajstić information content (AvgIpc) is 2.55. The molecule has 23 heavy (non-hydrogen) atoms. The molecule has 0 aliphatic heterocycles. The molecule has 0 aromatic heterocycles. The molecule has 2 aromatic carbocycles. The standard InChI is InChI=1S/C18H18BrNO3/c1-2-20(15-6-4-3-5-7-15)17(21)16(18(22)23)12-13-8-10-14(19)11-9-13/h3-11,16H,2,12H2,1H3,(H,22,23). The minimum absolute atomic E-state index is 0.171. The van der Waals surface area contributed by atoms with Crippen molar-refractivity contribution in [2.45, 2.75) is 13.3 Å². The zero-order valence-corrected chi connectivity index (χ0v) is 14.4. The number of amides is 1. The first kappa shape index (κ1) is 17.2. The van der Waals surface area contributed by atoms with Crippen molar-refractivity contribution >= 4 is 33.5 Å². The monoisotopic (exact) mass is 375 g/mol. The molecule has 2 aromatic rings. The second-order valence-corrected chi connectivity index (χ2v) is 6.06. The molecule has 1 unspecified atom stereocenters. The number of halogens is 1. The van der Waals surface area contributed by atoms with Gasteiger partial charge in [-0.05, 0) is 43.2 Å². The van der Waals surface area contributed by atoms with Crippen molar-refractivity contribution in [1.29, 1.82) is 0 Å². The molecule has 0 radical (unpaired) electrons. The molecule has 2 rings (SSSR count). The maximum atomic E-state index is 12.7. The number of para-hydroxylation sites is 1. The van der Waals surface area contributed by atoms with E-state index in [9.17, 15) is 14.7 Å². The molecule has 0 aliphatic carbocycles. The predicted octanol–water partition coefficient (Wildman–Crippen LogP) is 3.75. The summed E-state index contributed by atoms with van der Waals surface area (Å²) in [6.07, 6.45) is 0.171. The molecule has 0 saturated heterocycles. The van der Waals surface area contributed by atoms with Crippen LogP contribution < -0.4 is 4.90 Å². The van der Waals surface area contributed by atoms with Crippen molar-refractivity contribution in [2.75, 3.05) is 11.4 Å². The third kappa shape index (κ3) is 4.42. The minimum atomic E-state index is -1.10. The van der Waals surface area contributed by atoms with E-state index in [2.05, 4.69) is 15.9 Å². The lowest BCUT2D eigenvalue weighted by atomic mass is 9.97. The van der Waals surface area contributed by atoms with E-state index in [-0.39, 0.29) is 6.42 Å². The molecule has 0 bridgehead atoms. The van der Waals surface area contributed by atoms with Crippen LogP contribution >= 0.6 is 15.9 Å². The fourth-order valence-electron chi connectivity index (χ4n) is 2.40. The van der Waals surface area contributed by atoms with Crippen LogP contribution in [0.1, 0.15) is 12.5 Å². The summed E-state index contributed by atoms with van der Waals surface area (Å²) in [5.41, 5.74) is 1.53. The Balaban J connectivity index is 2.23. The van der Waals surface area contributed by atoms with Crippen LogP contribution in [-0.4, -0.2) is 23.5 Å². The van der Waals surface area contributed by atoms with Gasteiger partial charge < -0.3 is 10.0 Å². The second kappa shape index (κ2) is 7.92. The van der Waals surface area contributed by atoms with Gasteiger partial charge in [-0.3, -0.25) is 9.59 Å². The van der Waals surface area contributed by atoms with Crippen LogP contribution in [0.5, 0.6) is 0 Å². The Morgan fingerprint density at radius 2 is 1.70 bits per heavy atom. The highest BCUT2D eigenvalue weighted by Gasteiger charge is 2.30. The normalized spacial score (nSPS) is 11.7. The lowest BCUT2D eigenvalue weighted by molar-refractivity contribution is -0.146. The minimum Gasteiger partial charge on any atom is -0.481 e. The van der Waals surface area contributed by atoms with Gasteiger partial charge in [0.25, 0.3) is 0 Å². The van der Waals surface area contributed by atoms with Crippen LogP contribution in [0.15, 0.2) is 59.1 Å². The number of hydrogen-bond donors (Lipinski definition) is 1. The van der Waals surface area contributed by atoms with E-state index in [4.69, 9.17) is 0 Å². The van der Waals surface area contributed by atoms with Gasteiger partial charge in [0.2, 0.25) is 5.91 Å². The van der Waals surface area contributed by atoms with E-state index < -0.39 is 17.8 Å². The van der Waals surface area contributed by atoms with Crippen molar-refractivity contribution in [3.8, 4) is 0 Å². The summed E-state index contributed by atoms with van der Waals surface area (Å²) >= 11 is 3.34. The Kier molecular flexibility index (Phi) is 5.93. The van der Waals surface area contributed by atoms with Gasteiger partial charge in [-0.2, -0.15) is 0 Å². The molecule has 5 heteroatoms. The lowest BCUT2D eigenvalue weighted by Crippen LogP contribution is -2.40. The average molecular weight is 376 g/mol. The number of carboxylic acid groups (broad SMARTS) is 1. The van der Waals surface area contributed by atoms with Gasteiger partial charge in [-0.25, -0.2) is 0 Å². The number of aliphatic carboxylic acids is 1. The molecule has 120 valence electrons. The largest absolute Gasteiger partial charge is 0.481 e. The van der Waals surface area contributed by atoms with Gasteiger partial charge in [0, 0.05) is 16.7 Å². The van der Waals surface area contributed by atoms with Crippen LogP contribution in [0.25, 0.3) is 0 Å². The van der Waals surface area contributed by atoms with E-state index >= 15 is 0 Å². The Labute approximate surface area is 143 Å². The zero-order chi connectivity index (χ0) is 16.8. The van der Waals surface area contributed by atoms with Crippen molar-refractivity contribution < 1.29 is 14.7 Å². The van der Waals surface area contributed by atoms with Crippen molar-refractivity contribution in [1.82, 2.24) is 0 Å². The Morgan fingerprint density at radius 1 is 1.09 bits per heavy atom. The summed E-state index contributed by atoms with van der Waals surface area (Å²) in [5, 5.41) is 9.49. The van der Waals surface area contributed by atoms with Gasteiger partial charge in [0.15, 0.2) is 0 Å². The topological polar surface area (TPSA) is 57.6 Å². The third-order valence-electron chi connectivity index (χ3n) is 3.60. The SMILES string of the molecule is CCN(C(=O)C(Cc1ccc(Br)cc1)C(=O)O)c1ccccc1. The Hall–Kier alpha value is -2.14. The molecule has 1 N–H and O–H groups in total. The number of carbonyl (C=O) groups is 2. The molecule has 0 spiro atoms. The zero-order valence-electron chi connectivity index (χ0n) is 12.8. The van der Waals surface area contributed by atoms with Crippen LogP contribution in [0.2, 0.25) is 0 Å². The third-order valence-corrected chi connectivity index (χ3v) is 4.13. The van der Waals surface area contributed by atoms with Crippen LogP contribution in [0, 0.1) is 5.92 Å². The summed E-state index contributed by atoms with van der Waals surface area (Å²) in [6.45, 7) is 2.26. The molecule has 0 saturated carbocycles. The molecular formula is C18H18BrNO3. The number of nitrogens with zero attached hydrogens (tertiary/aromatic N) is 1. The maximum absolute atomic E-state index is 12.7. The molecule has 4 nitrogen and oxygen atoms in total. The van der Waals surface area contributed by atoms with Crippen LogP contribution in [-0.2, 0) is 16.0 Å². The Morgan fingerprint density at radius 3 is 2.22 bits per heavy atom. The first-order chi connectivity index (χ1) is 11.0. The van der Waals surface area contributed by atoms with E-state index in [1.165, 1.54) is 4.90 Å². The van der Waals surface area contributed by atoms with Gasteiger partial charge >= 0.3 is 5.97 Å². The second-order valence-electron chi connectivity index (χ2n) is 5.14. The summed E-state index contributed by atoms with van der Waals surface area (Å²) in [5.74, 6) is -2.60. The van der Waals surface area contributed by atoms with E-state index in [1.807, 2.05) is 49.4 Å². The first-order valence-electron chi connectivity index (χ1n) is 7.36. The van der Waals surface area contributed by atoms with Crippen molar-refractivity contribution in [3.63, 3.8) is 0 Å². The summed E-state index contributed by atoms with van der Waals surface area (Å²) < 4.78 is 0.916. The highest BCUT2D eigenvalue weighted by molar-refractivity contribution is 9.10. The van der Waals surface area contributed by atoms with Gasteiger partial charge in [0.05, 0.1) is 0 Å². The van der Waals surface area contributed by atoms with E-state index in [1.54, 1.807) is 12.1 Å². The molecule has 0 heterocycles. The smallest absolute Gasteiger partial charge is 0.316 e. The summed E-state index contributed by atoms with van der Waals surface area (Å²) in [7, 11) is 0. The van der Waals surface area contributed by atoms with Gasteiger partial charge in [-0.1, -0.05) is 46.3 Å². The molecule has 1 atom stereocenters. The molecule has 0 fully saturated rings. The predicted molar refractivity (Wildman–Crippen MR) is 93.4 cm³/mol. The first-order valence-corrected chi connectivity index (χ1v) is 8.16. The van der Waals surface area contributed by atoms with Crippen molar-refractivity contribution in [3.05, 3.63) is 64.6 Å². The summed E-state index contributed by atoms with van der Waals surface area (Å²) in [6, 6.07) is 16.5. The van der Waals surface area contributed by atoms with E-state index in [0.717, 1.165) is 10.0 Å². The molecule has 0 aliphatic rings. The quantitative estimate of drug-likeness (QED) is 0.782. The van der Waals surface area contributed by atoms with Crippen LogP contribution in [0.4, 0.5) is 5.69 Å². The van der Waals surface area contributed by atoms with E-state index in [0.29, 0.717) is 12.2 Å². The fourth-order valence-corrected chi connectivity index (χ4v) is 2.66. The van der Waals surface area contributed by atoms with Crippen LogP contribution in [0.3, 0.4) is 0 Å². The lowest BCUT2D eigenvalue weighted by Gasteiger charge is -2.24. The molecular weight excluding hydrogens is 358 g/mol. The number of benzene rings is 2. The number of rotatable bonds is 6. The fraction of sp³-hybridized carbons (Fsp3) is 0.222. The number of carbonyl (C=O) groups excluding carboxylic acids is 1. The Bertz CT molecular complexity index is 670. The number of hydrogen-bond acceptors (Lipinski definition) is 2. The number of carboxylic acids is 1.